The van der Waals surface area contributed by atoms with Gasteiger partial charge in [0.2, 0.25) is 0 Å². The first kappa shape index (κ1) is 14.6. The molecule has 1 unspecified atom stereocenters. The van der Waals surface area contributed by atoms with Gasteiger partial charge < -0.3 is 10.5 Å². The first-order chi connectivity index (χ1) is 9.65. The van der Waals surface area contributed by atoms with Gasteiger partial charge >= 0.3 is 0 Å². The Morgan fingerprint density at radius 1 is 1.15 bits per heavy atom. The lowest BCUT2D eigenvalue weighted by molar-refractivity contribution is 0.0721. The number of rotatable bonds is 5. The third kappa shape index (κ3) is 3.21. The Kier molecular flexibility index (Phi) is 4.82. The summed E-state index contributed by atoms with van der Waals surface area (Å²) in [6.07, 6.45) is 1.41. The van der Waals surface area contributed by atoms with Crippen LogP contribution in [0, 0.1) is 6.92 Å². The maximum atomic E-state index is 12.7. The number of halogens is 1. The smallest absolute Gasteiger partial charge is 0.107 e. The lowest BCUT2D eigenvalue weighted by Crippen LogP contribution is -2.31. The molecule has 2 N–H and O–H groups in total. The van der Waals surface area contributed by atoms with Gasteiger partial charge in [-0.3, -0.25) is 4.98 Å². The number of hydrogen-bond donors (Lipinski definition) is 1. The Morgan fingerprint density at radius 3 is 2.30 bits per heavy atom. The van der Waals surface area contributed by atoms with E-state index in [1.807, 2.05) is 49.5 Å². The second-order valence-electron chi connectivity index (χ2n) is 4.78. The molecule has 2 aromatic rings. The summed E-state index contributed by atoms with van der Waals surface area (Å²) in [4.78, 5) is 4.28. The fourth-order valence-electron chi connectivity index (χ4n) is 2.14. The molecule has 0 bridgehead atoms. The highest BCUT2D eigenvalue weighted by Gasteiger charge is 2.19. The average molecular weight is 274 g/mol. The van der Waals surface area contributed by atoms with Crippen molar-refractivity contribution in [3.05, 3.63) is 53.9 Å². The molecular formula is C16H19FN2O. The Labute approximate surface area is 118 Å². The van der Waals surface area contributed by atoms with Crippen molar-refractivity contribution >= 4 is 0 Å². The van der Waals surface area contributed by atoms with Crippen molar-refractivity contribution < 1.29 is 9.13 Å². The van der Waals surface area contributed by atoms with Crippen LogP contribution in [0.15, 0.2) is 42.6 Å². The second-order valence-corrected chi connectivity index (χ2v) is 4.78. The maximum absolute atomic E-state index is 12.7. The summed E-state index contributed by atoms with van der Waals surface area (Å²) in [6, 6.07) is 11.1. The summed E-state index contributed by atoms with van der Waals surface area (Å²) in [5, 5.41) is 0. The highest BCUT2D eigenvalue weighted by Crippen LogP contribution is 2.24. The van der Waals surface area contributed by atoms with Crippen molar-refractivity contribution in [2.45, 2.75) is 19.1 Å². The summed E-state index contributed by atoms with van der Waals surface area (Å²) in [6.45, 7) is 1.34. The number of nitrogens with zero attached hydrogens (tertiary/aromatic N) is 1. The SMILES string of the molecule is COC(c1ccc(-c2ccc(C)nc2)cc1)[C@H](N)CF. The van der Waals surface area contributed by atoms with Crippen molar-refractivity contribution in [2.75, 3.05) is 13.8 Å². The van der Waals surface area contributed by atoms with Crippen LogP contribution in [0.25, 0.3) is 11.1 Å². The van der Waals surface area contributed by atoms with Crippen LogP contribution in [-0.4, -0.2) is 24.8 Å². The molecule has 0 aliphatic rings. The minimum Gasteiger partial charge on any atom is -0.375 e. The van der Waals surface area contributed by atoms with E-state index < -0.39 is 18.8 Å². The Morgan fingerprint density at radius 2 is 1.80 bits per heavy atom. The number of pyridine rings is 1. The van der Waals surface area contributed by atoms with E-state index in [2.05, 4.69) is 4.98 Å². The van der Waals surface area contributed by atoms with Crippen LogP contribution in [-0.2, 0) is 4.74 Å². The minimum absolute atomic E-state index is 0.426. The van der Waals surface area contributed by atoms with Crippen molar-refractivity contribution in [3.8, 4) is 11.1 Å². The standard InChI is InChI=1S/C16H19FN2O/c1-11-3-4-14(10-19-11)12-5-7-13(8-6-12)16(20-2)15(18)9-17/h3-8,10,15-16H,9,18H2,1-2H3/t15-,16?/m1/s1. The molecule has 0 radical (unpaired) electrons. The third-order valence-electron chi connectivity index (χ3n) is 3.30. The van der Waals surface area contributed by atoms with E-state index in [1.54, 1.807) is 0 Å². The first-order valence-electron chi connectivity index (χ1n) is 6.53. The van der Waals surface area contributed by atoms with Gasteiger partial charge in [0, 0.05) is 24.6 Å². The van der Waals surface area contributed by atoms with E-state index in [4.69, 9.17) is 10.5 Å². The van der Waals surface area contributed by atoms with E-state index in [-0.39, 0.29) is 0 Å². The van der Waals surface area contributed by atoms with E-state index in [9.17, 15) is 4.39 Å². The first-order valence-corrected chi connectivity index (χ1v) is 6.53. The zero-order valence-electron chi connectivity index (χ0n) is 11.7. The average Bonchev–Trinajstić information content (AvgIpc) is 2.49. The number of ether oxygens (including phenoxy) is 1. The van der Waals surface area contributed by atoms with Crippen molar-refractivity contribution in [1.29, 1.82) is 0 Å². The molecule has 2 atom stereocenters. The van der Waals surface area contributed by atoms with Crippen LogP contribution in [0.5, 0.6) is 0 Å². The highest BCUT2D eigenvalue weighted by atomic mass is 19.1. The predicted octanol–water partition coefficient (Wildman–Crippen LogP) is 3.04. The van der Waals surface area contributed by atoms with Gasteiger partial charge in [-0.1, -0.05) is 30.3 Å². The maximum Gasteiger partial charge on any atom is 0.107 e. The molecule has 0 amide bonds. The summed E-state index contributed by atoms with van der Waals surface area (Å²) < 4.78 is 18.0. The molecule has 0 aliphatic carbocycles. The van der Waals surface area contributed by atoms with Gasteiger partial charge in [-0.05, 0) is 24.1 Å². The normalized spacial score (nSPS) is 14.0. The molecule has 1 aromatic heterocycles. The molecule has 1 heterocycles. The number of alkyl halides is 1. The quantitative estimate of drug-likeness (QED) is 0.911. The van der Waals surface area contributed by atoms with Crippen LogP contribution >= 0.6 is 0 Å². The number of methoxy groups -OCH3 is 1. The van der Waals surface area contributed by atoms with Crippen molar-refractivity contribution in [1.82, 2.24) is 4.98 Å². The van der Waals surface area contributed by atoms with E-state index in [0.29, 0.717) is 0 Å². The molecule has 0 spiro atoms. The monoisotopic (exact) mass is 274 g/mol. The van der Waals surface area contributed by atoms with E-state index in [0.717, 1.165) is 22.4 Å². The van der Waals surface area contributed by atoms with Gasteiger partial charge in [-0.25, -0.2) is 4.39 Å². The lowest BCUT2D eigenvalue weighted by atomic mass is 9.99. The Bertz CT molecular complexity index is 539. The molecule has 0 saturated carbocycles. The number of hydrogen-bond acceptors (Lipinski definition) is 3. The fourth-order valence-corrected chi connectivity index (χ4v) is 2.14. The summed E-state index contributed by atoms with van der Waals surface area (Å²) >= 11 is 0. The molecular weight excluding hydrogens is 255 g/mol. The zero-order chi connectivity index (χ0) is 14.5. The highest BCUT2D eigenvalue weighted by molar-refractivity contribution is 5.62. The summed E-state index contributed by atoms with van der Waals surface area (Å²) in [5.74, 6) is 0. The molecule has 0 saturated heterocycles. The van der Waals surface area contributed by atoms with Gasteiger partial charge in [-0.2, -0.15) is 0 Å². The Balaban J connectivity index is 2.23. The molecule has 0 aliphatic heterocycles. The predicted molar refractivity (Wildman–Crippen MR) is 78.1 cm³/mol. The van der Waals surface area contributed by atoms with Crippen molar-refractivity contribution in [3.63, 3.8) is 0 Å². The molecule has 0 fully saturated rings. The third-order valence-corrected chi connectivity index (χ3v) is 3.30. The summed E-state index contributed by atoms with van der Waals surface area (Å²) in [5.41, 5.74) is 9.68. The molecule has 2 rings (SSSR count). The molecule has 4 heteroatoms. The molecule has 20 heavy (non-hydrogen) atoms. The summed E-state index contributed by atoms with van der Waals surface area (Å²) in [7, 11) is 1.54. The van der Waals surface area contributed by atoms with Crippen LogP contribution in [0.4, 0.5) is 4.39 Å². The number of nitrogens with two attached hydrogens (primary N) is 1. The number of aromatic nitrogens is 1. The van der Waals surface area contributed by atoms with Crippen LogP contribution in [0.3, 0.4) is 0 Å². The van der Waals surface area contributed by atoms with E-state index in [1.165, 1.54) is 7.11 Å². The number of benzene rings is 1. The van der Waals surface area contributed by atoms with E-state index >= 15 is 0 Å². The zero-order valence-corrected chi connectivity index (χ0v) is 11.7. The second kappa shape index (κ2) is 6.59. The topological polar surface area (TPSA) is 48.1 Å². The molecule has 106 valence electrons. The Hall–Kier alpha value is -1.78. The van der Waals surface area contributed by atoms with Gasteiger partial charge in [0.25, 0.3) is 0 Å². The number of aryl methyl sites for hydroxylation is 1. The largest absolute Gasteiger partial charge is 0.375 e. The van der Waals surface area contributed by atoms with Gasteiger partial charge in [0.1, 0.15) is 6.67 Å². The van der Waals surface area contributed by atoms with Crippen molar-refractivity contribution in [2.24, 2.45) is 5.73 Å². The van der Waals surface area contributed by atoms with Crippen LogP contribution < -0.4 is 5.73 Å². The van der Waals surface area contributed by atoms with Gasteiger partial charge in [-0.15, -0.1) is 0 Å². The van der Waals surface area contributed by atoms with Gasteiger partial charge in [0.05, 0.1) is 12.1 Å². The molecule has 1 aromatic carbocycles. The fraction of sp³-hybridized carbons (Fsp3) is 0.312. The lowest BCUT2D eigenvalue weighted by Gasteiger charge is -2.20. The van der Waals surface area contributed by atoms with Crippen LogP contribution in [0.1, 0.15) is 17.4 Å². The minimum atomic E-state index is -0.646. The van der Waals surface area contributed by atoms with Gasteiger partial charge in [0.15, 0.2) is 0 Å². The molecule has 3 nitrogen and oxygen atoms in total. The van der Waals surface area contributed by atoms with Crippen LogP contribution in [0.2, 0.25) is 0 Å².